The van der Waals surface area contributed by atoms with Crippen molar-refractivity contribution >= 4 is 45.5 Å². The van der Waals surface area contributed by atoms with Gasteiger partial charge >= 0.3 is 6.03 Å². The van der Waals surface area contributed by atoms with Gasteiger partial charge in [-0.1, -0.05) is 47.1 Å². The molecular weight excluding hydrogens is 472 g/mol. The third-order valence-corrected chi connectivity index (χ3v) is 5.59. The number of aryl methyl sites for hydroxylation is 1. The van der Waals surface area contributed by atoms with Gasteiger partial charge in [0.1, 0.15) is 12.2 Å². The monoisotopic (exact) mass is 492 g/mol. The van der Waals surface area contributed by atoms with Crippen LogP contribution in [0, 0.1) is 0 Å². The standard InChI is InChI=1S/C24H21BrN4O3/c1-2-16-7-3-4-11-20(16)26-22(30)15-29-23(31)21(27-24(29)32)14-19-10-6-12-28(19)18-9-5-8-17(25)13-18/h3-14H,2,15H2,1H3,(H,26,30)(H,27,32)/b21-14+. The highest BCUT2D eigenvalue weighted by atomic mass is 79.9. The number of nitrogens with one attached hydrogen (secondary N) is 2. The van der Waals surface area contributed by atoms with E-state index in [0.29, 0.717) is 5.69 Å². The average molecular weight is 493 g/mol. The maximum Gasteiger partial charge on any atom is 0.329 e. The van der Waals surface area contributed by atoms with Crippen molar-refractivity contribution in [2.45, 2.75) is 13.3 Å². The van der Waals surface area contributed by atoms with Crippen LogP contribution in [0.5, 0.6) is 0 Å². The Balaban J connectivity index is 1.51. The van der Waals surface area contributed by atoms with Gasteiger partial charge in [0, 0.05) is 27.7 Å². The molecule has 8 heteroatoms. The molecule has 0 atom stereocenters. The third kappa shape index (κ3) is 4.50. The van der Waals surface area contributed by atoms with Crippen LogP contribution in [0.3, 0.4) is 0 Å². The van der Waals surface area contributed by atoms with Crippen molar-refractivity contribution in [3.05, 3.63) is 88.3 Å². The summed E-state index contributed by atoms with van der Waals surface area (Å²) in [5.74, 6) is -0.982. The molecule has 0 unspecified atom stereocenters. The van der Waals surface area contributed by atoms with Gasteiger partial charge in [0.05, 0.1) is 0 Å². The molecule has 2 heterocycles. The molecule has 4 amide bonds. The summed E-state index contributed by atoms with van der Waals surface area (Å²) >= 11 is 3.46. The van der Waals surface area contributed by atoms with Gasteiger partial charge in [0.15, 0.2) is 0 Å². The van der Waals surface area contributed by atoms with Crippen molar-refractivity contribution < 1.29 is 14.4 Å². The Morgan fingerprint density at radius 3 is 2.69 bits per heavy atom. The zero-order valence-corrected chi connectivity index (χ0v) is 18.9. The molecule has 1 aliphatic heterocycles. The lowest BCUT2D eigenvalue weighted by atomic mass is 10.1. The van der Waals surface area contributed by atoms with Crippen LogP contribution in [-0.2, 0) is 16.0 Å². The number of rotatable bonds is 6. The van der Waals surface area contributed by atoms with Crippen molar-refractivity contribution in [1.82, 2.24) is 14.8 Å². The van der Waals surface area contributed by atoms with E-state index in [1.807, 2.05) is 72.3 Å². The molecule has 1 fully saturated rings. The first kappa shape index (κ1) is 21.6. The van der Waals surface area contributed by atoms with E-state index in [9.17, 15) is 14.4 Å². The van der Waals surface area contributed by atoms with Crippen LogP contribution in [0.25, 0.3) is 11.8 Å². The smallest absolute Gasteiger partial charge is 0.324 e. The van der Waals surface area contributed by atoms with Crippen LogP contribution in [0.4, 0.5) is 10.5 Å². The van der Waals surface area contributed by atoms with Gasteiger partial charge in [0.25, 0.3) is 5.91 Å². The number of benzene rings is 2. The predicted molar refractivity (Wildman–Crippen MR) is 126 cm³/mol. The molecule has 162 valence electrons. The third-order valence-electron chi connectivity index (χ3n) is 5.10. The first-order chi connectivity index (χ1) is 15.5. The molecule has 0 aliphatic carbocycles. The minimum atomic E-state index is -0.624. The maximum absolute atomic E-state index is 12.8. The lowest BCUT2D eigenvalue weighted by Crippen LogP contribution is -2.38. The number of imide groups is 1. The van der Waals surface area contributed by atoms with Crippen molar-refractivity contribution in [3.63, 3.8) is 0 Å². The molecule has 1 aromatic heterocycles. The lowest BCUT2D eigenvalue weighted by molar-refractivity contribution is -0.127. The lowest BCUT2D eigenvalue weighted by Gasteiger charge is -2.13. The zero-order chi connectivity index (χ0) is 22.7. The Morgan fingerprint density at radius 1 is 1.09 bits per heavy atom. The number of nitrogens with zero attached hydrogens (tertiary/aromatic N) is 2. The topological polar surface area (TPSA) is 83.4 Å². The summed E-state index contributed by atoms with van der Waals surface area (Å²) in [5, 5.41) is 5.35. The molecule has 0 spiro atoms. The molecule has 32 heavy (non-hydrogen) atoms. The first-order valence-electron chi connectivity index (χ1n) is 10.1. The van der Waals surface area contributed by atoms with E-state index < -0.39 is 17.8 Å². The Morgan fingerprint density at radius 2 is 1.91 bits per heavy atom. The highest BCUT2D eigenvalue weighted by molar-refractivity contribution is 9.10. The summed E-state index contributed by atoms with van der Waals surface area (Å²) < 4.78 is 2.82. The van der Waals surface area contributed by atoms with Gasteiger partial charge in [-0.2, -0.15) is 0 Å². The second kappa shape index (κ2) is 9.23. The normalized spacial score (nSPS) is 14.7. The summed E-state index contributed by atoms with van der Waals surface area (Å²) in [6, 6.07) is 18.2. The Labute approximate surface area is 193 Å². The van der Waals surface area contributed by atoms with E-state index in [1.165, 1.54) is 0 Å². The van der Waals surface area contributed by atoms with Crippen LogP contribution in [0.15, 0.2) is 77.0 Å². The largest absolute Gasteiger partial charge is 0.329 e. The van der Waals surface area contributed by atoms with Gasteiger partial charge in [0.2, 0.25) is 5.91 Å². The minimum absolute atomic E-state index is 0.117. The SMILES string of the molecule is CCc1ccccc1NC(=O)CN1C(=O)N/C(=C/c2cccn2-c2cccc(Br)c2)C1=O. The van der Waals surface area contributed by atoms with Crippen molar-refractivity contribution in [2.24, 2.45) is 0 Å². The Bertz CT molecular complexity index is 1230. The Hall–Kier alpha value is -3.65. The minimum Gasteiger partial charge on any atom is -0.324 e. The summed E-state index contributed by atoms with van der Waals surface area (Å²) in [7, 11) is 0. The fraction of sp³-hybridized carbons (Fsp3) is 0.125. The van der Waals surface area contributed by atoms with Crippen LogP contribution in [0.2, 0.25) is 0 Å². The van der Waals surface area contributed by atoms with Crippen molar-refractivity contribution in [3.8, 4) is 5.69 Å². The van der Waals surface area contributed by atoms with Crippen LogP contribution in [-0.4, -0.2) is 33.9 Å². The van der Waals surface area contributed by atoms with Gasteiger partial charge in [-0.25, -0.2) is 9.69 Å². The highest BCUT2D eigenvalue weighted by Crippen LogP contribution is 2.21. The summed E-state index contributed by atoms with van der Waals surface area (Å²) in [4.78, 5) is 38.6. The van der Waals surface area contributed by atoms with Crippen LogP contribution >= 0.6 is 15.9 Å². The number of urea groups is 1. The molecule has 1 aliphatic rings. The maximum atomic E-state index is 12.8. The summed E-state index contributed by atoms with van der Waals surface area (Å²) in [6.07, 6.45) is 4.22. The molecule has 0 radical (unpaired) electrons. The highest BCUT2D eigenvalue weighted by Gasteiger charge is 2.35. The van der Waals surface area contributed by atoms with Gasteiger partial charge in [-0.05, 0) is 54.5 Å². The molecule has 4 rings (SSSR count). The van der Waals surface area contributed by atoms with E-state index in [4.69, 9.17) is 0 Å². The zero-order valence-electron chi connectivity index (χ0n) is 17.3. The molecule has 2 aromatic carbocycles. The number of carbonyl (C=O) groups is 3. The van der Waals surface area contributed by atoms with E-state index >= 15 is 0 Å². The molecule has 7 nitrogen and oxygen atoms in total. The Kier molecular flexibility index (Phi) is 6.23. The van der Waals surface area contributed by atoms with E-state index in [-0.39, 0.29) is 12.2 Å². The number of hydrogen-bond donors (Lipinski definition) is 2. The van der Waals surface area contributed by atoms with Crippen LogP contribution < -0.4 is 10.6 Å². The second-order valence-corrected chi connectivity index (χ2v) is 8.14. The first-order valence-corrected chi connectivity index (χ1v) is 10.9. The molecule has 1 saturated heterocycles. The number of amides is 4. The summed E-state index contributed by atoms with van der Waals surface area (Å²) in [5.41, 5.74) is 3.39. The van der Waals surface area contributed by atoms with E-state index in [2.05, 4.69) is 26.6 Å². The molecular formula is C24H21BrN4O3. The number of hydrogen-bond acceptors (Lipinski definition) is 3. The molecule has 0 saturated carbocycles. The van der Waals surface area contributed by atoms with Crippen LogP contribution in [0.1, 0.15) is 18.2 Å². The van der Waals surface area contributed by atoms with Gasteiger partial charge < -0.3 is 15.2 Å². The average Bonchev–Trinajstić information content (AvgIpc) is 3.34. The van der Waals surface area contributed by atoms with Crippen molar-refractivity contribution in [1.29, 1.82) is 0 Å². The number of para-hydroxylation sites is 1. The number of aromatic nitrogens is 1. The van der Waals surface area contributed by atoms with Gasteiger partial charge in [-0.3, -0.25) is 9.59 Å². The van der Waals surface area contributed by atoms with Crippen molar-refractivity contribution in [2.75, 3.05) is 11.9 Å². The quantitative estimate of drug-likeness (QED) is 0.396. The second-order valence-electron chi connectivity index (χ2n) is 7.22. The molecule has 2 N–H and O–H groups in total. The predicted octanol–water partition coefficient (Wildman–Crippen LogP) is 4.33. The summed E-state index contributed by atoms with van der Waals surface area (Å²) in [6.45, 7) is 1.62. The molecule has 0 bridgehead atoms. The van der Waals surface area contributed by atoms with Gasteiger partial charge in [-0.15, -0.1) is 0 Å². The van der Waals surface area contributed by atoms with E-state index in [0.717, 1.165) is 32.7 Å². The molecule has 3 aromatic rings. The number of carbonyl (C=O) groups excluding carboxylic acids is 3. The van der Waals surface area contributed by atoms with E-state index in [1.54, 1.807) is 12.1 Å². The fourth-order valence-corrected chi connectivity index (χ4v) is 3.91. The number of anilines is 1. The fourth-order valence-electron chi connectivity index (χ4n) is 3.52. The number of halogens is 1.